The molecular formula is C23H20ClNO. The Bertz CT molecular complexity index is 877. The molecule has 2 nitrogen and oxygen atoms in total. The predicted molar refractivity (Wildman–Crippen MR) is 106 cm³/mol. The molecule has 1 fully saturated rings. The molecule has 4 rings (SSSR count). The first-order chi connectivity index (χ1) is 12.7. The lowest BCUT2D eigenvalue weighted by atomic mass is 9.94. The van der Waals surface area contributed by atoms with Crippen molar-refractivity contribution in [2.75, 3.05) is 4.90 Å². The lowest BCUT2D eigenvalue weighted by molar-refractivity contribution is -0.120. The van der Waals surface area contributed by atoms with Crippen molar-refractivity contribution in [3.63, 3.8) is 0 Å². The van der Waals surface area contributed by atoms with E-state index < -0.39 is 0 Å². The molecule has 0 radical (unpaired) electrons. The van der Waals surface area contributed by atoms with E-state index in [-0.39, 0.29) is 17.9 Å². The van der Waals surface area contributed by atoms with Gasteiger partial charge in [-0.05, 0) is 48.2 Å². The molecule has 0 N–H and O–H groups in total. The number of rotatable bonds is 4. The number of benzene rings is 3. The average Bonchev–Trinajstić information content (AvgIpc) is 3.00. The third-order valence-electron chi connectivity index (χ3n) is 5.02. The number of anilines is 1. The highest BCUT2D eigenvalue weighted by molar-refractivity contribution is 6.30. The van der Waals surface area contributed by atoms with E-state index >= 15 is 0 Å². The summed E-state index contributed by atoms with van der Waals surface area (Å²) >= 11 is 6.04. The summed E-state index contributed by atoms with van der Waals surface area (Å²) in [5, 5.41) is 0.678. The lowest BCUT2D eigenvalue weighted by Crippen LogP contribution is -2.29. The molecule has 2 atom stereocenters. The van der Waals surface area contributed by atoms with Gasteiger partial charge in [0, 0.05) is 16.6 Å². The summed E-state index contributed by atoms with van der Waals surface area (Å²) < 4.78 is 0. The minimum atomic E-state index is -0.0155. The van der Waals surface area contributed by atoms with E-state index in [0.717, 1.165) is 18.5 Å². The highest BCUT2D eigenvalue weighted by atomic mass is 35.5. The molecule has 3 aromatic rings. The second kappa shape index (κ2) is 7.35. The van der Waals surface area contributed by atoms with Crippen LogP contribution in [0.4, 0.5) is 5.69 Å². The fourth-order valence-corrected chi connectivity index (χ4v) is 3.89. The quantitative estimate of drug-likeness (QED) is 0.585. The van der Waals surface area contributed by atoms with Crippen LogP contribution in [0.25, 0.3) is 0 Å². The molecule has 1 saturated heterocycles. The number of amides is 1. The molecule has 0 aromatic heterocycles. The van der Waals surface area contributed by atoms with Crippen LogP contribution in [0.1, 0.15) is 23.6 Å². The Morgan fingerprint density at radius 3 is 2.12 bits per heavy atom. The van der Waals surface area contributed by atoms with Crippen LogP contribution in [0.15, 0.2) is 84.9 Å². The van der Waals surface area contributed by atoms with E-state index in [2.05, 4.69) is 24.3 Å². The van der Waals surface area contributed by atoms with Gasteiger partial charge in [-0.25, -0.2) is 0 Å². The van der Waals surface area contributed by atoms with Crippen molar-refractivity contribution < 1.29 is 4.79 Å². The number of hydrogen-bond acceptors (Lipinski definition) is 1. The van der Waals surface area contributed by atoms with Gasteiger partial charge < -0.3 is 4.90 Å². The first-order valence-electron chi connectivity index (χ1n) is 8.90. The van der Waals surface area contributed by atoms with Gasteiger partial charge in [0.2, 0.25) is 5.91 Å². The number of hydrogen-bond donors (Lipinski definition) is 0. The minimum Gasteiger partial charge on any atom is -0.305 e. The second-order valence-electron chi connectivity index (χ2n) is 6.73. The van der Waals surface area contributed by atoms with Gasteiger partial charge >= 0.3 is 0 Å². The minimum absolute atomic E-state index is 0.0155. The summed E-state index contributed by atoms with van der Waals surface area (Å²) in [6.07, 6.45) is 1.59. The lowest BCUT2D eigenvalue weighted by Gasteiger charge is -2.25. The molecule has 3 aromatic carbocycles. The molecular weight excluding hydrogens is 342 g/mol. The van der Waals surface area contributed by atoms with Crippen molar-refractivity contribution >= 4 is 23.2 Å². The maximum Gasteiger partial charge on any atom is 0.231 e. The van der Waals surface area contributed by atoms with Crippen LogP contribution < -0.4 is 4.90 Å². The topological polar surface area (TPSA) is 20.3 Å². The molecule has 1 aliphatic heterocycles. The SMILES string of the molecule is O=C1[C@@H](Cc2ccccc2)C[C@@H](c2ccccc2)N1c1ccc(Cl)cc1. The molecule has 0 saturated carbocycles. The molecule has 1 heterocycles. The Morgan fingerprint density at radius 2 is 1.46 bits per heavy atom. The van der Waals surface area contributed by atoms with Gasteiger partial charge in [-0.2, -0.15) is 0 Å². The Hall–Kier alpha value is -2.58. The molecule has 0 spiro atoms. The van der Waals surface area contributed by atoms with Gasteiger partial charge in [0.1, 0.15) is 0 Å². The molecule has 0 unspecified atom stereocenters. The van der Waals surface area contributed by atoms with E-state index in [9.17, 15) is 4.79 Å². The van der Waals surface area contributed by atoms with Gasteiger partial charge in [-0.15, -0.1) is 0 Å². The largest absolute Gasteiger partial charge is 0.305 e. The average molecular weight is 362 g/mol. The Labute approximate surface area is 159 Å². The van der Waals surface area contributed by atoms with Crippen molar-refractivity contribution in [2.24, 2.45) is 5.92 Å². The fourth-order valence-electron chi connectivity index (χ4n) is 3.76. The van der Waals surface area contributed by atoms with Gasteiger partial charge in [0.05, 0.1) is 6.04 Å². The molecule has 1 aliphatic rings. The van der Waals surface area contributed by atoms with Crippen molar-refractivity contribution in [1.29, 1.82) is 0 Å². The zero-order valence-corrected chi connectivity index (χ0v) is 15.1. The van der Waals surface area contributed by atoms with Crippen LogP contribution in [0.3, 0.4) is 0 Å². The maximum atomic E-state index is 13.3. The molecule has 0 bridgehead atoms. The number of carbonyl (C=O) groups excluding carboxylic acids is 1. The van der Waals surface area contributed by atoms with E-state index in [4.69, 9.17) is 11.6 Å². The van der Waals surface area contributed by atoms with E-state index in [1.165, 1.54) is 11.1 Å². The van der Waals surface area contributed by atoms with Crippen LogP contribution in [-0.2, 0) is 11.2 Å². The first-order valence-corrected chi connectivity index (χ1v) is 9.27. The smallest absolute Gasteiger partial charge is 0.231 e. The molecule has 3 heteroatoms. The Kier molecular flexibility index (Phi) is 4.77. The van der Waals surface area contributed by atoms with Gasteiger partial charge in [0.25, 0.3) is 0 Å². The molecule has 130 valence electrons. The zero-order valence-electron chi connectivity index (χ0n) is 14.4. The van der Waals surface area contributed by atoms with Crippen molar-refractivity contribution in [3.05, 3.63) is 101 Å². The van der Waals surface area contributed by atoms with Crippen LogP contribution in [0.5, 0.6) is 0 Å². The summed E-state index contributed by atoms with van der Waals surface area (Å²) in [6.45, 7) is 0. The third kappa shape index (κ3) is 3.38. The highest BCUT2D eigenvalue weighted by Crippen LogP contribution is 2.41. The van der Waals surface area contributed by atoms with E-state index in [1.807, 2.05) is 65.6 Å². The number of halogens is 1. The normalized spacial score (nSPS) is 19.7. The molecule has 26 heavy (non-hydrogen) atoms. The Morgan fingerprint density at radius 1 is 0.846 bits per heavy atom. The third-order valence-corrected chi connectivity index (χ3v) is 5.27. The predicted octanol–water partition coefficient (Wildman–Crippen LogP) is 5.68. The summed E-state index contributed by atoms with van der Waals surface area (Å²) in [4.78, 5) is 15.2. The van der Waals surface area contributed by atoms with E-state index in [0.29, 0.717) is 5.02 Å². The second-order valence-corrected chi connectivity index (χ2v) is 7.17. The Balaban J connectivity index is 1.68. The van der Waals surface area contributed by atoms with Gasteiger partial charge in [-0.3, -0.25) is 4.79 Å². The monoisotopic (exact) mass is 361 g/mol. The van der Waals surface area contributed by atoms with Crippen molar-refractivity contribution in [1.82, 2.24) is 0 Å². The van der Waals surface area contributed by atoms with Crippen LogP contribution in [0, 0.1) is 5.92 Å². The summed E-state index contributed by atoms with van der Waals surface area (Å²) in [5.74, 6) is 0.170. The van der Waals surface area contributed by atoms with Crippen LogP contribution in [0.2, 0.25) is 5.02 Å². The van der Waals surface area contributed by atoms with E-state index in [1.54, 1.807) is 0 Å². The standard InChI is InChI=1S/C23H20ClNO/c24-20-11-13-21(14-12-20)25-22(18-9-5-2-6-10-18)16-19(23(25)26)15-17-7-3-1-4-8-17/h1-14,19,22H,15-16H2/t19-,22-/m0/s1. The summed E-state index contributed by atoms with van der Waals surface area (Å²) in [6, 6.07) is 28.1. The molecule has 1 amide bonds. The van der Waals surface area contributed by atoms with Crippen molar-refractivity contribution in [3.8, 4) is 0 Å². The van der Waals surface area contributed by atoms with Crippen LogP contribution in [-0.4, -0.2) is 5.91 Å². The first kappa shape index (κ1) is 16.9. The summed E-state index contributed by atoms with van der Waals surface area (Å²) in [5.41, 5.74) is 3.28. The van der Waals surface area contributed by atoms with Crippen molar-refractivity contribution in [2.45, 2.75) is 18.9 Å². The van der Waals surface area contributed by atoms with Gasteiger partial charge in [-0.1, -0.05) is 72.3 Å². The van der Waals surface area contributed by atoms with Gasteiger partial charge in [0.15, 0.2) is 0 Å². The number of carbonyl (C=O) groups is 1. The maximum absolute atomic E-state index is 13.3. The highest BCUT2D eigenvalue weighted by Gasteiger charge is 2.40. The number of nitrogens with zero attached hydrogens (tertiary/aromatic N) is 1. The summed E-state index contributed by atoms with van der Waals surface area (Å²) in [7, 11) is 0. The zero-order chi connectivity index (χ0) is 17.9. The fraction of sp³-hybridized carbons (Fsp3) is 0.174. The van der Waals surface area contributed by atoms with Crippen LogP contribution >= 0.6 is 11.6 Å². The molecule has 0 aliphatic carbocycles.